The topological polar surface area (TPSA) is 15.3 Å². The molecule has 1 aromatic rings. The first-order chi connectivity index (χ1) is 9.24. The maximum atomic E-state index is 6.54. The van der Waals surface area contributed by atoms with E-state index in [2.05, 4.69) is 35.5 Å². The summed E-state index contributed by atoms with van der Waals surface area (Å²) in [5, 5.41) is 4.45. The van der Waals surface area contributed by atoms with Gasteiger partial charge in [0.1, 0.15) is 0 Å². The second-order valence-corrected chi connectivity index (χ2v) is 6.48. The van der Waals surface area contributed by atoms with E-state index >= 15 is 0 Å². The number of nitrogens with zero attached hydrogens (tertiary/aromatic N) is 1. The van der Waals surface area contributed by atoms with Crippen LogP contribution in [-0.2, 0) is 0 Å². The molecule has 0 aliphatic carbocycles. The van der Waals surface area contributed by atoms with E-state index in [9.17, 15) is 0 Å². The molecule has 2 fully saturated rings. The second kappa shape index (κ2) is 5.82. The van der Waals surface area contributed by atoms with Crippen LogP contribution in [0.15, 0.2) is 18.2 Å². The number of rotatable bonds is 2. The van der Waals surface area contributed by atoms with E-state index in [1.807, 2.05) is 0 Å². The Kier molecular flexibility index (Phi) is 4.11. The van der Waals surface area contributed by atoms with Crippen molar-refractivity contribution in [1.82, 2.24) is 10.2 Å². The van der Waals surface area contributed by atoms with Crippen LogP contribution < -0.4 is 5.32 Å². The van der Waals surface area contributed by atoms with Gasteiger partial charge in [0.25, 0.3) is 0 Å². The Morgan fingerprint density at radius 1 is 1.26 bits per heavy atom. The van der Waals surface area contributed by atoms with E-state index in [0.717, 1.165) is 24.7 Å². The van der Waals surface area contributed by atoms with Crippen LogP contribution in [0.4, 0.5) is 0 Å². The summed E-state index contributed by atoms with van der Waals surface area (Å²) in [6.07, 6.45) is 3.80. The van der Waals surface area contributed by atoms with Gasteiger partial charge in [-0.2, -0.15) is 0 Å². The summed E-state index contributed by atoms with van der Waals surface area (Å²) >= 11 is 6.54. The fraction of sp³-hybridized carbons (Fsp3) is 0.625. The smallest absolute Gasteiger partial charge is 0.0444 e. The van der Waals surface area contributed by atoms with E-state index in [0.29, 0.717) is 11.8 Å². The standard InChI is InChI=1S/C16H23ClN2/c1-19-8-6-14(11-19)15-5-4-12(9-16(15)17)13-3-2-7-18-10-13/h4-5,9,13-14,18H,2-3,6-8,10-11H2,1H3. The van der Waals surface area contributed by atoms with Gasteiger partial charge in [-0.1, -0.05) is 23.7 Å². The Labute approximate surface area is 121 Å². The molecule has 2 heterocycles. The molecule has 2 atom stereocenters. The first-order valence-electron chi connectivity index (χ1n) is 7.42. The summed E-state index contributed by atoms with van der Waals surface area (Å²) in [7, 11) is 2.19. The second-order valence-electron chi connectivity index (χ2n) is 6.07. The molecule has 0 saturated carbocycles. The van der Waals surface area contributed by atoms with E-state index in [1.165, 1.54) is 36.9 Å². The van der Waals surface area contributed by atoms with Gasteiger partial charge < -0.3 is 10.2 Å². The maximum Gasteiger partial charge on any atom is 0.0444 e. The fourth-order valence-electron chi connectivity index (χ4n) is 3.45. The highest BCUT2D eigenvalue weighted by molar-refractivity contribution is 6.31. The van der Waals surface area contributed by atoms with Crippen LogP contribution in [0.5, 0.6) is 0 Å². The summed E-state index contributed by atoms with van der Waals surface area (Å²) in [6, 6.07) is 6.79. The van der Waals surface area contributed by atoms with E-state index in [-0.39, 0.29) is 0 Å². The van der Waals surface area contributed by atoms with Crippen molar-refractivity contribution < 1.29 is 0 Å². The Morgan fingerprint density at radius 2 is 2.16 bits per heavy atom. The molecule has 0 bridgehead atoms. The van der Waals surface area contributed by atoms with Crippen molar-refractivity contribution >= 4 is 11.6 Å². The zero-order valence-electron chi connectivity index (χ0n) is 11.7. The van der Waals surface area contributed by atoms with Crippen LogP contribution in [0.3, 0.4) is 0 Å². The number of hydrogen-bond acceptors (Lipinski definition) is 2. The van der Waals surface area contributed by atoms with Crippen LogP contribution in [0.25, 0.3) is 0 Å². The van der Waals surface area contributed by atoms with Crippen LogP contribution in [0, 0.1) is 0 Å². The Bertz CT molecular complexity index is 440. The molecule has 0 amide bonds. The predicted octanol–water partition coefficient (Wildman–Crippen LogP) is 3.23. The van der Waals surface area contributed by atoms with Gasteiger partial charge in [-0.3, -0.25) is 0 Å². The van der Waals surface area contributed by atoms with Gasteiger partial charge in [0.05, 0.1) is 0 Å². The number of nitrogens with one attached hydrogen (secondary N) is 1. The molecule has 1 N–H and O–H groups in total. The van der Waals surface area contributed by atoms with E-state index in [1.54, 1.807) is 0 Å². The van der Waals surface area contributed by atoms with Crippen molar-refractivity contribution in [3.8, 4) is 0 Å². The lowest BCUT2D eigenvalue weighted by atomic mass is 9.89. The average Bonchev–Trinajstić information content (AvgIpc) is 2.86. The fourth-order valence-corrected chi connectivity index (χ4v) is 3.80. The molecule has 2 nitrogen and oxygen atoms in total. The van der Waals surface area contributed by atoms with Gasteiger partial charge in [0.15, 0.2) is 0 Å². The molecule has 104 valence electrons. The third kappa shape index (κ3) is 2.96. The van der Waals surface area contributed by atoms with Gasteiger partial charge in [0.2, 0.25) is 0 Å². The third-order valence-corrected chi connectivity index (χ3v) is 4.95. The summed E-state index contributed by atoms with van der Waals surface area (Å²) < 4.78 is 0. The molecule has 0 radical (unpaired) electrons. The molecule has 2 aliphatic rings. The largest absolute Gasteiger partial charge is 0.316 e. The van der Waals surface area contributed by atoms with Crippen molar-refractivity contribution in [3.63, 3.8) is 0 Å². The molecule has 0 aromatic heterocycles. The maximum absolute atomic E-state index is 6.54. The number of likely N-dealkylation sites (N-methyl/N-ethyl adjacent to an activating group) is 1. The summed E-state index contributed by atoms with van der Waals surface area (Å²) in [5.41, 5.74) is 2.76. The van der Waals surface area contributed by atoms with E-state index < -0.39 is 0 Å². The molecule has 3 heteroatoms. The predicted molar refractivity (Wildman–Crippen MR) is 81.2 cm³/mol. The summed E-state index contributed by atoms with van der Waals surface area (Å²) in [4.78, 5) is 2.39. The molecular formula is C16H23ClN2. The van der Waals surface area contributed by atoms with Crippen molar-refractivity contribution in [1.29, 1.82) is 0 Å². The molecule has 1 aromatic carbocycles. The van der Waals surface area contributed by atoms with Crippen LogP contribution in [0.1, 0.15) is 42.2 Å². The lowest BCUT2D eigenvalue weighted by Gasteiger charge is -2.24. The number of piperidine rings is 1. The van der Waals surface area contributed by atoms with Gasteiger partial charge in [-0.05, 0) is 68.4 Å². The van der Waals surface area contributed by atoms with Gasteiger partial charge >= 0.3 is 0 Å². The van der Waals surface area contributed by atoms with Crippen molar-refractivity contribution in [2.45, 2.75) is 31.1 Å². The van der Waals surface area contributed by atoms with E-state index in [4.69, 9.17) is 11.6 Å². The SMILES string of the molecule is CN1CCC(c2ccc(C3CCCNC3)cc2Cl)C1. The molecule has 2 unspecified atom stereocenters. The zero-order valence-corrected chi connectivity index (χ0v) is 12.4. The first-order valence-corrected chi connectivity index (χ1v) is 7.80. The minimum Gasteiger partial charge on any atom is -0.316 e. The number of likely N-dealkylation sites (tertiary alicyclic amines) is 1. The van der Waals surface area contributed by atoms with Crippen LogP contribution >= 0.6 is 11.6 Å². The first kappa shape index (κ1) is 13.4. The molecular weight excluding hydrogens is 256 g/mol. The van der Waals surface area contributed by atoms with Gasteiger partial charge in [-0.25, -0.2) is 0 Å². The van der Waals surface area contributed by atoms with Gasteiger partial charge in [0, 0.05) is 18.1 Å². The van der Waals surface area contributed by atoms with Crippen LogP contribution in [0.2, 0.25) is 5.02 Å². The van der Waals surface area contributed by atoms with Crippen LogP contribution in [-0.4, -0.2) is 38.1 Å². The normalized spacial score (nSPS) is 28.7. The van der Waals surface area contributed by atoms with Gasteiger partial charge in [-0.15, -0.1) is 0 Å². The highest BCUT2D eigenvalue weighted by atomic mass is 35.5. The quantitative estimate of drug-likeness (QED) is 0.894. The zero-order chi connectivity index (χ0) is 13.2. The highest BCUT2D eigenvalue weighted by Crippen LogP contribution is 2.34. The van der Waals surface area contributed by atoms with Crippen molar-refractivity contribution in [3.05, 3.63) is 34.3 Å². The lowest BCUT2D eigenvalue weighted by Crippen LogP contribution is -2.28. The minimum absolute atomic E-state index is 0.621. The lowest BCUT2D eigenvalue weighted by molar-refractivity contribution is 0.411. The Balaban J connectivity index is 1.77. The average molecular weight is 279 g/mol. The molecule has 2 aliphatic heterocycles. The molecule has 2 saturated heterocycles. The third-order valence-electron chi connectivity index (χ3n) is 4.62. The summed E-state index contributed by atoms with van der Waals surface area (Å²) in [5.74, 6) is 1.27. The molecule has 19 heavy (non-hydrogen) atoms. The molecule has 0 spiro atoms. The minimum atomic E-state index is 0.621. The summed E-state index contributed by atoms with van der Waals surface area (Å²) in [6.45, 7) is 4.60. The Morgan fingerprint density at radius 3 is 2.79 bits per heavy atom. The highest BCUT2D eigenvalue weighted by Gasteiger charge is 2.24. The Hall–Kier alpha value is -0.570. The number of hydrogen-bond donors (Lipinski definition) is 1. The van der Waals surface area contributed by atoms with Crippen molar-refractivity contribution in [2.24, 2.45) is 0 Å². The number of halogens is 1. The molecule has 3 rings (SSSR count). The van der Waals surface area contributed by atoms with Crippen molar-refractivity contribution in [2.75, 3.05) is 33.2 Å². The number of benzene rings is 1. The monoisotopic (exact) mass is 278 g/mol.